The number of carbonyl (C=O) groups is 2. The van der Waals surface area contributed by atoms with Crippen LogP contribution < -0.4 is 9.46 Å². The maximum Gasteiger partial charge on any atom is 0.306 e. The van der Waals surface area contributed by atoms with Crippen LogP contribution in [0.4, 0.5) is 0 Å². The van der Waals surface area contributed by atoms with Crippen molar-refractivity contribution in [3.05, 3.63) is 123 Å². The average Bonchev–Trinajstić information content (AvgIpc) is 3.56. The standard InChI is InChI=1S/C77H124NO8P/c1-12-14-16-18-20-22-24-26-28-30-32-34-36-48-74(79)83-62-71(86-75(80)49-37-35-33-31-29-27-25-23-21-19-17-15-13-2)63-85-87(81,82)84-59-58-78-57-54-69(47-39-43-65(4)51-53-73-68(7)46-41-56-77(73,10)11)61-70(78)60-66(5)44-38-42-64(3)50-52-72-67(6)45-40-55-76(72,8)9/h38-39,42-44,47,50-54,57,60-61,71H,12-37,40-41,45-46,48-49,55-56,58-59,62-63H2,1-11H3/b44-38+,47-39+,52-50+,53-51+,64-42+,65-43+,66-60+. The molecule has 490 valence electrons. The van der Waals surface area contributed by atoms with Crippen molar-refractivity contribution in [1.29, 1.82) is 0 Å². The molecule has 1 aromatic rings. The van der Waals surface area contributed by atoms with Crippen LogP contribution in [0, 0.1) is 10.8 Å². The molecule has 1 heterocycles. The molecule has 0 aromatic carbocycles. The molecule has 0 radical (unpaired) electrons. The van der Waals surface area contributed by atoms with Gasteiger partial charge in [0.15, 0.2) is 18.8 Å². The topological polar surface area (TPSA) is 115 Å². The van der Waals surface area contributed by atoms with Gasteiger partial charge in [0.25, 0.3) is 7.82 Å². The molecule has 0 saturated heterocycles. The molecule has 0 N–H and O–H groups in total. The smallest absolute Gasteiger partial charge is 0.306 e. The molecule has 9 nitrogen and oxygen atoms in total. The van der Waals surface area contributed by atoms with E-state index in [-0.39, 0.29) is 43.4 Å². The lowest BCUT2D eigenvalue weighted by molar-refractivity contribution is -0.699. The molecule has 1 aromatic heterocycles. The summed E-state index contributed by atoms with van der Waals surface area (Å²) in [6.07, 6.45) is 63.3. The highest BCUT2D eigenvalue weighted by Gasteiger charge is 2.28. The molecular weight excluding hydrogens is 1100 g/mol. The summed E-state index contributed by atoms with van der Waals surface area (Å²) in [7, 11) is -4.88. The molecule has 10 heteroatoms. The molecule has 0 bridgehead atoms. The van der Waals surface area contributed by atoms with Gasteiger partial charge in [0.1, 0.15) is 13.2 Å². The van der Waals surface area contributed by atoms with E-state index >= 15 is 0 Å². The van der Waals surface area contributed by atoms with Crippen LogP contribution in [0.25, 0.3) is 12.2 Å². The van der Waals surface area contributed by atoms with Crippen molar-refractivity contribution in [2.75, 3.05) is 19.8 Å². The van der Waals surface area contributed by atoms with Crippen molar-refractivity contribution in [2.45, 2.75) is 307 Å². The van der Waals surface area contributed by atoms with Crippen LogP contribution in [0.3, 0.4) is 0 Å². The highest BCUT2D eigenvalue weighted by atomic mass is 31.2. The number of carbonyl (C=O) groups excluding carboxylic acids is 2. The Morgan fingerprint density at radius 3 is 1.51 bits per heavy atom. The van der Waals surface area contributed by atoms with Gasteiger partial charge in [0.2, 0.25) is 5.69 Å². The fourth-order valence-corrected chi connectivity index (χ4v) is 12.9. The number of nitrogens with zero attached hydrogens (tertiary/aromatic N) is 1. The van der Waals surface area contributed by atoms with Gasteiger partial charge in [-0.25, -0.2) is 0 Å². The number of aromatic nitrogens is 1. The van der Waals surface area contributed by atoms with Crippen molar-refractivity contribution >= 4 is 31.9 Å². The van der Waals surface area contributed by atoms with Crippen molar-refractivity contribution in [3.63, 3.8) is 0 Å². The van der Waals surface area contributed by atoms with E-state index in [4.69, 9.17) is 18.5 Å². The van der Waals surface area contributed by atoms with Crippen LogP contribution in [0.2, 0.25) is 0 Å². The molecule has 3 rings (SSSR count). The minimum absolute atomic E-state index is 0.178. The monoisotopic (exact) mass is 1220 g/mol. The van der Waals surface area contributed by atoms with E-state index in [0.29, 0.717) is 12.8 Å². The van der Waals surface area contributed by atoms with Crippen LogP contribution in [0.5, 0.6) is 0 Å². The predicted octanol–water partition coefficient (Wildman–Crippen LogP) is 21.9. The second kappa shape index (κ2) is 45.2. The highest BCUT2D eigenvalue weighted by molar-refractivity contribution is 7.45. The summed E-state index contributed by atoms with van der Waals surface area (Å²) in [4.78, 5) is 39.5. The SMILES string of the molecule is CCCCCCCCCCCCCCCC(=O)OCC(COP(=O)([O-])OCC[n+]1ccc(/C=C/C=C(C)/C=C/C2=C(C)CCCC2(C)C)cc1/C=C(C)/C=C/C=C(C)/C=C/C1=C(C)CCCC1(C)C)OC(=O)CCCCCCCCCCCCCCC. The Morgan fingerprint density at radius 1 is 0.586 bits per heavy atom. The molecular formula is C77H124NO8P. The Labute approximate surface area is 532 Å². The lowest BCUT2D eigenvalue weighted by atomic mass is 9.72. The van der Waals surface area contributed by atoms with Crippen LogP contribution in [0.1, 0.15) is 306 Å². The third-order valence-corrected chi connectivity index (χ3v) is 18.6. The van der Waals surface area contributed by atoms with Crippen LogP contribution >= 0.6 is 7.82 Å². The van der Waals surface area contributed by atoms with Gasteiger partial charge >= 0.3 is 11.9 Å². The third kappa shape index (κ3) is 35.7. The van der Waals surface area contributed by atoms with E-state index in [9.17, 15) is 19.0 Å². The molecule has 0 fully saturated rings. The Hall–Kier alpha value is -4.14. The summed E-state index contributed by atoms with van der Waals surface area (Å²) < 4.78 is 37.6. The quantitative estimate of drug-likeness (QED) is 0.0208. The Balaban J connectivity index is 1.67. The first-order chi connectivity index (χ1) is 41.7. The summed E-state index contributed by atoms with van der Waals surface area (Å²) in [5.74, 6) is -0.867. The van der Waals surface area contributed by atoms with Gasteiger partial charge in [-0.05, 0) is 119 Å². The molecule has 0 aliphatic heterocycles. The van der Waals surface area contributed by atoms with Crippen molar-refractivity contribution in [3.8, 4) is 0 Å². The molecule has 87 heavy (non-hydrogen) atoms. The zero-order valence-corrected chi connectivity index (χ0v) is 58.1. The number of hydrogen-bond acceptors (Lipinski definition) is 8. The molecule has 2 unspecified atom stereocenters. The van der Waals surface area contributed by atoms with Gasteiger partial charge < -0.3 is 23.4 Å². The Morgan fingerprint density at radius 2 is 1.03 bits per heavy atom. The maximum absolute atomic E-state index is 13.4. The first kappa shape index (κ1) is 77.1. The molecule has 2 atom stereocenters. The van der Waals surface area contributed by atoms with Gasteiger partial charge in [-0.3, -0.25) is 14.2 Å². The van der Waals surface area contributed by atoms with Gasteiger partial charge in [0, 0.05) is 31.1 Å². The molecule has 0 amide bonds. The number of rotatable bonds is 47. The van der Waals surface area contributed by atoms with Crippen LogP contribution in [0.15, 0.2) is 112 Å². The van der Waals surface area contributed by atoms with Crippen molar-refractivity contribution in [1.82, 2.24) is 0 Å². The lowest BCUT2D eigenvalue weighted by Crippen LogP contribution is -2.39. The first-order valence-corrected chi connectivity index (χ1v) is 36.3. The molecule has 0 saturated carbocycles. The number of phosphoric acid groups is 1. The number of allylic oxidation sites excluding steroid dienone is 16. The van der Waals surface area contributed by atoms with Gasteiger partial charge in [-0.2, -0.15) is 4.57 Å². The number of ether oxygens (including phenoxy) is 2. The van der Waals surface area contributed by atoms with Gasteiger partial charge in [0.05, 0.1) is 6.61 Å². The van der Waals surface area contributed by atoms with Crippen molar-refractivity contribution < 1.29 is 42.1 Å². The number of hydrogen-bond donors (Lipinski definition) is 0. The average molecular weight is 1220 g/mol. The Bertz CT molecular complexity index is 2480. The summed E-state index contributed by atoms with van der Waals surface area (Å²) >= 11 is 0. The molecule has 2 aliphatic carbocycles. The first-order valence-electron chi connectivity index (χ1n) is 34.9. The van der Waals surface area contributed by atoms with E-state index in [2.05, 4.69) is 149 Å². The summed E-state index contributed by atoms with van der Waals surface area (Å²) in [6, 6.07) is 4.09. The summed E-state index contributed by atoms with van der Waals surface area (Å²) in [5.41, 5.74) is 11.4. The predicted molar refractivity (Wildman–Crippen MR) is 366 cm³/mol. The second-order valence-electron chi connectivity index (χ2n) is 26.9. The van der Waals surface area contributed by atoms with Crippen LogP contribution in [-0.4, -0.2) is 37.9 Å². The zero-order chi connectivity index (χ0) is 63.6. The zero-order valence-electron chi connectivity index (χ0n) is 57.2. The largest absolute Gasteiger partial charge is 0.756 e. The van der Waals surface area contributed by atoms with Gasteiger partial charge in [-0.15, -0.1) is 0 Å². The van der Waals surface area contributed by atoms with E-state index in [1.54, 1.807) is 0 Å². The van der Waals surface area contributed by atoms with E-state index < -0.39 is 32.5 Å². The fourth-order valence-electron chi connectivity index (χ4n) is 12.2. The summed E-state index contributed by atoms with van der Waals surface area (Å²) in [5, 5.41) is 0. The van der Waals surface area contributed by atoms with E-state index in [1.807, 2.05) is 16.8 Å². The minimum atomic E-state index is -4.88. The minimum Gasteiger partial charge on any atom is -0.756 e. The van der Waals surface area contributed by atoms with Crippen LogP contribution in [-0.2, 0) is 39.2 Å². The van der Waals surface area contributed by atoms with Gasteiger partial charge in [-0.1, -0.05) is 279 Å². The number of esters is 2. The third-order valence-electron chi connectivity index (χ3n) is 17.6. The van der Waals surface area contributed by atoms with Crippen molar-refractivity contribution in [2.24, 2.45) is 10.8 Å². The second-order valence-corrected chi connectivity index (χ2v) is 28.3. The number of unbranched alkanes of at least 4 members (excludes halogenated alkanes) is 24. The number of pyridine rings is 1. The maximum atomic E-state index is 13.4. The highest BCUT2D eigenvalue weighted by Crippen LogP contribution is 2.42. The van der Waals surface area contributed by atoms with E-state index in [1.165, 1.54) is 164 Å². The normalized spacial score (nSPS) is 17.2. The lowest BCUT2D eigenvalue weighted by Gasteiger charge is -2.33. The Kier molecular flexibility index (Phi) is 40.0. The number of phosphoric ester groups is 1. The fraction of sp³-hybridized carbons (Fsp3) is 0.675. The summed E-state index contributed by atoms with van der Waals surface area (Å²) in [6.45, 7) is 23.9. The van der Waals surface area contributed by atoms with E-state index in [0.717, 1.165) is 79.3 Å². The molecule has 2 aliphatic rings. The molecule has 0 spiro atoms.